The Hall–Kier alpha value is -3.76. The summed E-state index contributed by atoms with van der Waals surface area (Å²) < 4.78 is 11.8. The Balaban J connectivity index is 1.68. The molecule has 0 bridgehead atoms. The molecular formula is C15H14N6O5. The van der Waals surface area contributed by atoms with Crippen LogP contribution in [-0.4, -0.2) is 42.7 Å². The second kappa shape index (κ2) is 7.42. The first-order chi connectivity index (χ1) is 12.6. The van der Waals surface area contributed by atoms with Crippen molar-refractivity contribution in [2.24, 2.45) is 0 Å². The molecule has 0 radical (unpaired) electrons. The van der Waals surface area contributed by atoms with E-state index in [0.29, 0.717) is 17.0 Å². The Morgan fingerprint density at radius 1 is 1.27 bits per heavy atom. The van der Waals surface area contributed by atoms with Gasteiger partial charge in [-0.05, 0) is 36.1 Å². The number of ether oxygens (including phenoxy) is 2. The molecule has 0 amide bonds. The number of hydrogen-bond acceptors (Lipinski definition) is 8. The van der Waals surface area contributed by atoms with Crippen LogP contribution in [0.15, 0.2) is 36.5 Å². The minimum absolute atomic E-state index is 0.0191. The monoisotopic (exact) mass is 358 g/mol. The van der Waals surface area contributed by atoms with Crippen molar-refractivity contribution in [3.05, 3.63) is 52.3 Å². The van der Waals surface area contributed by atoms with E-state index in [2.05, 4.69) is 20.5 Å². The number of hydrogen-bond donors (Lipinski definition) is 1. The summed E-state index contributed by atoms with van der Waals surface area (Å²) in [5, 5.41) is 24.6. The van der Waals surface area contributed by atoms with Crippen molar-refractivity contribution in [2.45, 2.75) is 13.7 Å². The third-order valence-corrected chi connectivity index (χ3v) is 3.32. The minimum Gasteiger partial charge on any atom is -0.469 e. The Bertz CT molecular complexity index is 917. The number of nitrogens with zero attached hydrogens (tertiary/aromatic N) is 5. The van der Waals surface area contributed by atoms with Gasteiger partial charge in [0.1, 0.15) is 11.4 Å². The summed E-state index contributed by atoms with van der Waals surface area (Å²) >= 11 is 0. The predicted octanol–water partition coefficient (Wildman–Crippen LogP) is 1.79. The predicted molar refractivity (Wildman–Crippen MR) is 87.3 cm³/mol. The average molecular weight is 358 g/mol. The van der Waals surface area contributed by atoms with E-state index in [4.69, 9.17) is 9.47 Å². The molecule has 134 valence electrons. The average Bonchev–Trinajstić information content (AvgIpc) is 3.30. The molecule has 2 aromatic heterocycles. The van der Waals surface area contributed by atoms with Gasteiger partial charge in [-0.1, -0.05) is 0 Å². The number of esters is 1. The number of rotatable bonds is 7. The van der Waals surface area contributed by atoms with Gasteiger partial charge in [-0.3, -0.25) is 0 Å². The molecule has 26 heavy (non-hydrogen) atoms. The summed E-state index contributed by atoms with van der Waals surface area (Å²) in [4.78, 5) is 21.9. The first-order valence-electron chi connectivity index (χ1n) is 7.57. The molecule has 0 aliphatic carbocycles. The second-order valence-corrected chi connectivity index (χ2v) is 5.01. The van der Waals surface area contributed by atoms with Gasteiger partial charge in [-0.25, -0.2) is 4.79 Å². The summed E-state index contributed by atoms with van der Waals surface area (Å²) in [6, 6.07) is 8.06. The number of carbonyl (C=O) groups is 1. The van der Waals surface area contributed by atoms with Crippen molar-refractivity contribution in [3.63, 3.8) is 0 Å². The summed E-state index contributed by atoms with van der Waals surface area (Å²) in [6.07, 6.45) is 1.45. The maximum Gasteiger partial charge on any atom is 0.390 e. The Morgan fingerprint density at radius 3 is 2.69 bits per heavy atom. The van der Waals surface area contributed by atoms with Crippen LogP contribution in [0.1, 0.15) is 17.4 Å². The number of H-pyrrole nitrogens is 1. The molecule has 0 unspecified atom stereocenters. The number of nitrogens with one attached hydrogen (secondary N) is 1. The zero-order valence-electron chi connectivity index (χ0n) is 13.7. The van der Waals surface area contributed by atoms with E-state index < -0.39 is 10.9 Å². The minimum atomic E-state index is -0.579. The highest BCUT2D eigenvalue weighted by molar-refractivity contribution is 5.93. The van der Waals surface area contributed by atoms with Crippen molar-refractivity contribution in [2.75, 3.05) is 6.61 Å². The fourth-order valence-electron chi connectivity index (χ4n) is 2.14. The van der Waals surface area contributed by atoms with Gasteiger partial charge < -0.3 is 19.6 Å². The van der Waals surface area contributed by atoms with Crippen molar-refractivity contribution in [1.82, 2.24) is 25.2 Å². The lowest BCUT2D eigenvalue weighted by molar-refractivity contribution is -0.389. The summed E-state index contributed by atoms with van der Waals surface area (Å²) in [6.45, 7) is 1.97. The third-order valence-electron chi connectivity index (χ3n) is 3.32. The van der Waals surface area contributed by atoms with E-state index in [9.17, 15) is 14.9 Å². The highest BCUT2D eigenvalue weighted by Gasteiger charge is 2.19. The quantitative estimate of drug-likeness (QED) is 0.383. The molecule has 3 rings (SSSR count). The first kappa shape index (κ1) is 17.1. The standard InChI is InChI=1S/C15H14N6O5/c1-2-25-15(22)14-13(16-19-17-14)10-3-5-11(6-4-10)26-9-20-8-7-12(18-20)21(23)24/h3-8H,2,9H2,1H3,(H,16,17,19). The number of nitro groups is 1. The van der Waals surface area contributed by atoms with Crippen LogP contribution in [0.4, 0.5) is 5.82 Å². The molecule has 0 aliphatic rings. The van der Waals surface area contributed by atoms with Gasteiger partial charge in [0.15, 0.2) is 5.69 Å². The topological polar surface area (TPSA) is 138 Å². The smallest absolute Gasteiger partial charge is 0.390 e. The Kier molecular flexibility index (Phi) is 4.87. The van der Waals surface area contributed by atoms with Gasteiger partial charge >= 0.3 is 11.8 Å². The van der Waals surface area contributed by atoms with Gasteiger partial charge in [0.25, 0.3) is 0 Å². The fraction of sp³-hybridized carbons (Fsp3) is 0.200. The fourth-order valence-corrected chi connectivity index (χ4v) is 2.14. The van der Waals surface area contributed by atoms with Crippen LogP contribution < -0.4 is 4.74 Å². The molecule has 0 fully saturated rings. The largest absolute Gasteiger partial charge is 0.469 e. The lowest BCUT2D eigenvalue weighted by Gasteiger charge is -2.05. The number of aromatic amines is 1. The van der Waals surface area contributed by atoms with Crippen molar-refractivity contribution in [3.8, 4) is 17.0 Å². The van der Waals surface area contributed by atoms with E-state index in [1.165, 1.54) is 16.9 Å². The van der Waals surface area contributed by atoms with Crippen molar-refractivity contribution >= 4 is 11.8 Å². The second-order valence-electron chi connectivity index (χ2n) is 5.01. The molecule has 1 aromatic carbocycles. The molecule has 0 saturated heterocycles. The van der Waals surface area contributed by atoms with Crippen molar-refractivity contribution in [1.29, 1.82) is 0 Å². The van der Waals surface area contributed by atoms with Crippen LogP contribution in [0.5, 0.6) is 5.75 Å². The molecule has 1 N–H and O–H groups in total. The zero-order chi connectivity index (χ0) is 18.5. The normalized spacial score (nSPS) is 10.5. The van der Waals surface area contributed by atoms with Crippen molar-refractivity contribution < 1.29 is 19.2 Å². The van der Waals surface area contributed by atoms with Crippen LogP contribution in [0, 0.1) is 10.1 Å². The lowest BCUT2D eigenvalue weighted by atomic mass is 10.1. The number of carbonyl (C=O) groups excluding carboxylic acids is 1. The Labute approximate surface area is 146 Å². The van der Waals surface area contributed by atoms with Gasteiger partial charge in [-0.2, -0.15) is 10.3 Å². The first-order valence-corrected chi connectivity index (χ1v) is 7.57. The van der Waals surface area contributed by atoms with Gasteiger partial charge in [0, 0.05) is 5.56 Å². The molecule has 3 aromatic rings. The number of aromatic nitrogens is 5. The molecular weight excluding hydrogens is 344 g/mol. The summed E-state index contributed by atoms with van der Waals surface area (Å²) in [5.41, 5.74) is 1.13. The molecule has 0 saturated carbocycles. The molecule has 2 heterocycles. The summed E-state index contributed by atoms with van der Waals surface area (Å²) in [5.74, 6) is -0.286. The van der Waals surface area contributed by atoms with Gasteiger partial charge in [0.05, 0.1) is 24.0 Å². The van der Waals surface area contributed by atoms with E-state index >= 15 is 0 Å². The van der Waals surface area contributed by atoms with Crippen LogP contribution in [0.2, 0.25) is 0 Å². The SMILES string of the molecule is CCOC(=O)c1n[nH]nc1-c1ccc(OCn2ccc([N+](=O)[O-])n2)cc1. The van der Waals surface area contributed by atoms with E-state index in [0.717, 1.165) is 0 Å². The molecule has 0 aliphatic heterocycles. The maximum absolute atomic E-state index is 11.8. The van der Waals surface area contributed by atoms with Crippen LogP contribution >= 0.6 is 0 Å². The van der Waals surface area contributed by atoms with Gasteiger partial charge in [-0.15, -0.1) is 9.78 Å². The van der Waals surface area contributed by atoms with E-state index in [1.807, 2.05) is 0 Å². The third kappa shape index (κ3) is 3.66. The van der Waals surface area contributed by atoms with Crippen LogP contribution in [0.25, 0.3) is 11.3 Å². The number of benzene rings is 1. The van der Waals surface area contributed by atoms with Crippen LogP contribution in [-0.2, 0) is 11.5 Å². The van der Waals surface area contributed by atoms with E-state index in [-0.39, 0.29) is 24.8 Å². The highest BCUT2D eigenvalue weighted by atomic mass is 16.6. The Morgan fingerprint density at radius 2 is 2.04 bits per heavy atom. The maximum atomic E-state index is 11.8. The molecule has 11 nitrogen and oxygen atoms in total. The summed E-state index contributed by atoms with van der Waals surface area (Å²) in [7, 11) is 0. The van der Waals surface area contributed by atoms with Crippen LogP contribution in [0.3, 0.4) is 0 Å². The highest BCUT2D eigenvalue weighted by Crippen LogP contribution is 2.23. The lowest BCUT2D eigenvalue weighted by Crippen LogP contribution is -2.07. The van der Waals surface area contributed by atoms with E-state index in [1.54, 1.807) is 31.2 Å². The van der Waals surface area contributed by atoms with Gasteiger partial charge in [0.2, 0.25) is 6.73 Å². The molecule has 0 atom stereocenters. The zero-order valence-corrected chi connectivity index (χ0v) is 13.7. The molecule has 11 heteroatoms. The molecule has 0 spiro atoms.